The molecule has 0 saturated carbocycles. The molecule has 0 radical (unpaired) electrons. The number of carbonyl (C=O) groups excluding carboxylic acids is 1. The number of aromatic nitrogens is 1. The third-order valence-corrected chi connectivity index (χ3v) is 9.55. The summed E-state index contributed by atoms with van der Waals surface area (Å²) < 4.78 is 54.7. The normalized spacial score (nSPS) is 17.7. The van der Waals surface area contributed by atoms with Gasteiger partial charge in [-0.2, -0.15) is 4.31 Å². The van der Waals surface area contributed by atoms with Crippen LogP contribution in [0.1, 0.15) is 23.2 Å². The number of nitrogens with zero attached hydrogens (tertiary/aromatic N) is 4. The van der Waals surface area contributed by atoms with Crippen LogP contribution in [0.3, 0.4) is 0 Å². The van der Waals surface area contributed by atoms with Gasteiger partial charge in [0, 0.05) is 64.0 Å². The number of anilines is 1. The number of hydrogen-bond donors (Lipinski definition) is 1. The Balaban J connectivity index is 1.09. The molecule has 36 heavy (non-hydrogen) atoms. The Morgan fingerprint density at radius 3 is 2.39 bits per heavy atom. The van der Waals surface area contributed by atoms with Crippen LogP contribution >= 0.6 is 11.3 Å². The lowest BCUT2D eigenvalue weighted by Crippen LogP contribution is -2.48. The summed E-state index contributed by atoms with van der Waals surface area (Å²) in [5.74, 6) is -1.50. The number of carbonyl (C=O) groups is 1. The highest BCUT2D eigenvalue weighted by molar-refractivity contribution is 7.89. The van der Waals surface area contributed by atoms with Crippen LogP contribution in [-0.2, 0) is 10.0 Å². The molecule has 2 aliphatic heterocycles. The molecule has 3 heterocycles. The number of nitrogens with one attached hydrogen (secondary N) is 1. The summed E-state index contributed by atoms with van der Waals surface area (Å²) >= 11 is 1.28. The molecule has 2 saturated heterocycles. The molecule has 0 spiro atoms. The maximum atomic E-state index is 14.0. The van der Waals surface area contributed by atoms with Gasteiger partial charge in [-0.15, -0.1) is 0 Å². The van der Waals surface area contributed by atoms with Crippen molar-refractivity contribution in [3.05, 3.63) is 53.6 Å². The van der Waals surface area contributed by atoms with Gasteiger partial charge in [-0.1, -0.05) is 11.3 Å². The number of halogens is 2. The molecular weight excluding hydrogens is 508 g/mol. The van der Waals surface area contributed by atoms with Gasteiger partial charge in [0.25, 0.3) is 5.91 Å². The van der Waals surface area contributed by atoms with Crippen molar-refractivity contribution in [2.75, 3.05) is 57.3 Å². The molecule has 5 rings (SSSR count). The molecule has 0 unspecified atom stereocenters. The summed E-state index contributed by atoms with van der Waals surface area (Å²) in [7, 11) is -3.50. The summed E-state index contributed by atoms with van der Waals surface area (Å²) in [5, 5.41) is 3.57. The van der Waals surface area contributed by atoms with E-state index in [1.165, 1.54) is 33.8 Å². The Hall–Kier alpha value is -2.67. The molecular formula is C24H27F2N5O3S2. The molecule has 3 aromatic rings. The first kappa shape index (κ1) is 25.0. The van der Waals surface area contributed by atoms with Crippen molar-refractivity contribution in [3.8, 4) is 0 Å². The van der Waals surface area contributed by atoms with E-state index in [0.717, 1.165) is 32.0 Å². The van der Waals surface area contributed by atoms with Crippen LogP contribution in [0.2, 0.25) is 0 Å². The monoisotopic (exact) mass is 535 g/mol. The van der Waals surface area contributed by atoms with Crippen molar-refractivity contribution in [2.45, 2.75) is 17.7 Å². The van der Waals surface area contributed by atoms with Crippen molar-refractivity contribution in [1.29, 1.82) is 0 Å². The number of hydrogen-bond acceptors (Lipinski definition) is 7. The molecule has 0 bridgehead atoms. The largest absolute Gasteiger partial charge is 0.351 e. The van der Waals surface area contributed by atoms with Gasteiger partial charge in [-0.3, -0.25) is 9.69 Å². The average Bonchev–Trinajstić information content (AvgIpc) is 3.56. The van der Waals surface area contributed by atoms with Crippen molar-refractivity contribution >= 4 is 42.6 Å². The van der Waals surface area contributed by atoms with Gasteiger partial charge >= 0.3 is 0 Å². The average molecular weight is 536 g/mol. The molecule has 1 aromatic heterocycles. The van der Waals surface area contributed by atoms with Crippen molar-refractivity contribution in [1.82, 2.24) is 19.5 Å². The molecule has 12 heteroatoms. The number of benzene rings is 2. The first-order valence-corrected chi connectivity index (χ1v) is 14.2. The molecule has 0 atom stereocenters. The Morgan fingerprint density at radius 1 is 1.00 bits per heavy atom. The molecule has 0 aliphatic carbocycles. The van der Waals surface area contributed by atoms with E-state index in [9.17, 15) is 22.0 Å². The van der Waals surface area contributed by atoms with E-state index in [0.29, 0.717) is 54.7 Å². The van der Waals surface area contributed by atoms with E-state index in [4.69, 9.17) is 0 Å². The van der Waals surface area contributed by atoms with Crippen molar-refractivity contribution in [3.63, 3.8) is 0 Å². The fourth-order valence-electron chi connectivity index (χ4n) is 4.53. The van der Waals surface area contributed by atoms with E-state index < -0.39 is 21.7 Å². The fourth-order valence-corrected chi connectivity index (χ4v) is 7.10. The number of amides is 1. The molecule has 1 amide bonds. The van der Waals surface area contributed by atoms with Crippen LogP contribution in [0.5, 0.6) is 0 Å². The minimum Gasteiger partial charge on any atom is -0.351 e. The van der Waals surface area contributed by atoms with Gasteiger partial charge in [0.15, 0.2) is 10.9 Å². The van der Waals surface area contributed by atoms with Crippen LogP contribution in [0.15, 0.2) is 41.3 Å². The summed E-state index contributed by atoms with van der Waals surface area (Å²) in [6.07, 6.45) is 1.75. The van der Waals surface area contributed by atoms with Crippen LogP contribution in [0, 0.1) is 11.6 Å². The summed E-state index contributed by atoms with van der Waals surface area (Å²) in [6, 6.07) is 8.23. The highest BCUT2D eigenvalue weighted by Gasteiger charge is 2.27. The lowest BCUT2D eigenvalue weighted by Gasteiger charge is -2.34. The summed E-state index contributed by atoms with van der Waals surface area (Å²) in [5.41, 5.74) is 0.614. The number of piperazine rings is 1. The van der Waals surface area contributed by atoms with Gasteiger partial charge in [0.05, 0.1) is 9.60 Å². The van der Waals surface area contributed by atoms with Crippen LogP contribution < -0.4 is 10.2 Å². The zero-order valence-corrected chi connectivity index (χ0v) is 21.3. The van der Waals surface area contributed by atoms with Gasteiger partial charge in [0.1, 0.15) is 11.3 Å². The number of fused-ring (bicyclic) bond motifs is 1. The molecule has 2 fully saturated rings. The third kappa shape index (κ3) is 5.22. The zero-order valence-electron chi connectivity index (χ0n) is 19.6. The first-order chi connectivity index (χ1) is 17.3. The van der Waals surface area contributed by atoms with Crippen LogP contribution in [0.25, 0.3) is 10.2 Å². The van der Waals surface area contributed by atoms with E-state index in [2.05, 4.69) is 20.1 Å². The van der Waals surface area contributed by atoms with E-state index in [-0.39, 0.29) is 16.3 Å². The smallest absolute Gasteiger partial charge is 0.251 e. The number of rotatable bonds is 7. The van der Waals surface area contributed by atoms with Gasteiger partial charge < -0.3 is 10.2 Å². The second-order valence-electron chi connectivity index (χ2n) is 8.95. The highest BCUT2D eigenvalue weighted by Crippen LogP contribution is 2.31. The maximum absolute atomic E-state index is 14.0. The van der Waals surface area contributed by atoms with Gasteiger partial charge in [-0.05, 0) is 43.2 Å². The van der Waals surface area contributed by atoms with E-state index in [1.807, 2.05) is 0 Å². The molecule has 8 nitrogen and oxygen atoms in total. The molecule has 192 valence electrons. The quantitative estimate of drug-likeness (QED) is 0.501. The van der Waals surface area contributed by atoms with Crippen LogP contribution in [0.4, 0.5) is 13.9 Å². The highest BCUT2D eigenvalue weighted by atomic mass is 32.2. The maximum Gasteiger partial charge on any atom is 0.251 e. The lowest BCUT2D eigenvalue weighted by molar-refractivity contribution is 0.0947. The number of thiazole rings is 1. The Morgan fingerprint density at radius 2 is 1.69 bits per heavy atom. The van der Waals surface area contributed by atoms with Gasteiger partial charge in [-0.25, -0.2) is 22.2 Å². The number of sulfonamides is 1. The second kappa shape index (κ2) is 10.4. The van der Waals surface area contributed by atoms with E-state index >= 15 is 0 Å². The van der Waals surface area contributed by atoms with Gasteiger partial charge in [0.2, 0.25) is 10.0 Å². The molecule has 1 N–H and O–H groups in total. The zero-order chi connectivity index (χ0) is 25.3. The van der Waals surface area contributed by atoms with Crippen molar-refractivity contribution in [2.24, 2.45) is 0 Å². The standard InChI is InChI=1S/C24H27F2N5O3S2/c25-18-15-20(26)22-21(16-18)35-24(28-22)30-13-11-29(12-14-30)10-7-27-23(32)17-3-5-19(6-4-17)36(33,34)31-8-1-2-9-31/h3-6,15-16H,1-2,7-14H2,(H,27,32). The summed E-state index contributed by atoms with van der Waals surface area (Å²) in [6.45, 7) is 5.11. The van der Waals surface area contributed by atoms with E-state index in [1.54, 1.807) is 12.1 Å². The summed E-state index contributed by atoms with van der Waals surface area (Å²) in [4.78, 5) is 21.4. The minimum atomic E-state index is -3.50. The third-order valence-electron chi connectivity index (χ3n) is 6.58. The van der Waals surface area contributed by atoms with Crippen molar-refractivity contribution < 1.29 is 22.0 Å². The molecule has 2 aromatic carbocycles. The Bertz CT molecular complexity index is 1350. The fraction of sp³-hybridized carbons (Fsp3) is 0.417. The Kier molecular flexibility index (Phi) is 7.20. The Labute approximate surface area is 212 Å². The molecule has 2 aliphatic rings. The van der Waals surface area contributed by atoms with Crippen LogP contribution in [-0.4, -0.2) is 80.9 Å². The predicted molar refractivity (Wildman–Crippen MR) is 135 cm³/mol. The first-order valence-electron chi connectivity index (χ1n) is 11.9. The minimum absolute atomic E-state index is 0.197. The predicted octanol–water partition coefficient (Wildman–Crippen LogP) is 2.91. The second-order valence-corrected chi connectivity index (χ2v) is 11.9. The topological polar surface area (TPSA) is 85.9 Å². The SMILES string of the molecule is O=C(NCCN1CCN(c2nc3c(F)cc(F)cc3s2)CC1)c1ccc(S(=O)(=O)N2CCCC2)cc1. The lowest BCUT2D eigenvalue weighted by atomic mass is 10.2.